The van der Waals surface area contributed by atoms with Gasteiger partial charge in [-0.05, 0) is 36.5 Å². The van der Waals surface area contributed by atoms with Crippen LogP contribution in [0, 0.1) is 5.92 Å². The van der Waals surface area contributed by atoms with Crippen LogP contribution in [0.3, 0.4) is 0 Å². The molecule has 6 heteroatoms. The zero-order chi connectivity index (χ0) is 20.9. The van der Waals surface area contributed by atoms with Crippen molar-refractivity contribution in [3.8, 4) is 5.75 Å². The highest BCUT2D eigenvalue weighted by Gasteiger charge is 2.25. The summed E-state index contributed by atoms with van der Waals surface area (Å²) < 4.78 is 4.97. The van der Waals surface area contributed by atoms with Crippen molar-refractivity contribution < 1.29 is 14.6 Å². The highest BCUT2D eigenvalue weighted by atomic mass is 16.5. The Morgan fingerprint density at radius 2 is 1.86 bits per heavy atom. The summed E-state index contributed by atoms with van der Waals surface area (Å²) in [6.07, 6.45) is 4.94. The molecule has 4 atom stereocenters. The first-order valence-electron chi connectivity index (χ1n) is 10.5. The van der Waals surface area contributed by atoms with Crippen molar-refractivity contribution in [1.29, 1.82) is 0 Å². The third-order valence-corrected chi connectivity index (χ3v) is 5.27. The Hall–Kier alpha value is -1.63. The molecule has 0 aliphatic heterocycles. The topological polar surface area (TPSA) is 96.6 Å². The van der Waals surface area contributed by atoms with Crippen molar-refractivity contribution in [1.82, 2.24) is 10.6 Å². The summed E-state index contributed by atoms with van der Waals surface area (Å²) in [5.41, 5.74) is 7.35. The fourth-order valence-corrected chi connectivity index (χ4v) is 3.17. The second kappa shape index (κ2) is 13.5. The number of unbranched alkanes of at least 4 members (excludes halogenated alkanes) is 1. The van der Waals surface area contributed by atoms with E-state index in [9.17, 15) is 9.90 Å². The minimum Gasteiger partial charge on any atom is -0.508 e. The van der Waals surface area contributed by atoms with Gasteiger partial charge in [-0.2, -0.15) is 0 Å². The van der Waals surface area contributed by atoms with Gasteiger partial charge in [-0.15, -0.1) is 0 Å². The Labute approximate surface area is 170 Å². The molecule has 0 aliphatic rings. The van der Waals surface area contributed by atoms with Crippen LogP contribution in [0.2, 0.25) is 0 Å². The van der Waals surface area contributed by atoms with E-state index in [1.807, 2.05) is 12.1 Å². The van der Waals surface area contributed by atoms with Crippen molar-refractivity contribution >= 4 is 5.97 Å². The maximum atomic E-state index is 12.2. The largest absolute Gasteiger partial charge is 0.508 e. The van der Waals surface area contributed by atoms with Crippen LogP contribution in [-0.4, -0.2) is 49.4 Å². The predicted octanol–water partition coefficient (Wildman–Crippen LogP) is 2.59. The molecule has 0 aliphatic carbocycles. The first-order valence-corrected chi connectivity index (χ1v) is 10.5. The number of esters is 1. The minimum absolute atomic E-state index is 0.119. The number of aromatic hydroxyl groups is 1. The van der Waals surface area contributed by atoms with Gasteiger partial charge in [0.05, 0.1) is 7.11 Å². The Kier molecular flexibility index (Phi) is 11.8. The number of hydrogen-bond donors (Lipinski definition) is 4. The van der Waals surface area contributed by atoms with Gasteiger partial charge in [-0.25, -0.2) is 0 Å². The van der Waals surface area contributed by atoms with Crippen LogP contribution < -0.4 is 16.4 Å². The van der Waals surface area contributed by atoms with E-state index in [0.717, 1.165) is 44.2 Å². The number of carbonyl (C=O) groups excluding carboxylic acids is 1. The number of hydrogen-bond acceptors (Lipinski definition) is 6. The maximum absolute atomic E-state index is 12.2. The fraction of sp³-hybridized carbons (Fsp3) is 0.682. The number of nitrogens with one attached hydrogen (secondary N) is 2. The average molecular weight is 394 g/mol. The normalized spacial score (nSPS) is 15.6. The van der Waals surface area contributed by atoms with Crippen LogP contribution >= 0.6 is 0 Å². The lowest BCUT2D eigenvalue weighted by molar-refractivity contribution is -0.144. The molecule has 0 heterocycles. The van der Waals surface area contributed by atoms with Gasteiger partial charge >= 0.3 is 5.97 Å². The summed E-state index contributed by atoms with van der Waals surface area (Å²) in [7, 11) is 1.43. The van der Waals surface area contributed by atoms with Gasteiger partial charge in [0.2, 0.25) is 0 Å². The van der Waals surface area contributed by atoms with Gasteiger partial charge in [0.15, 0.2) is 0 Å². The van der Waals surface area contributed by atoms with E-state index in [4.69, 9.17) is 10.5 Å². The van der Waals surface area contributed by atoms with E-state index in [0.29, 0.717) is 6.54 Å². The lowest BCUT2D eigenvalue weighted by atomic mass is 9.98. The van der Waals surface area contributed by atoms with Crippen LogP contribution in [-0.2, 0) is 16.0 Å². The van der Waals surface area contributed by atoms with Gasteiger partial charge in [0.25, 0.3) is 0 Å². The minimum atomic E-state index is -0.326. The second-order valence-electron chi connectivity index (χ2n) is 7.67. The van der Waals surface area contributed by atoms with Crippen molar-refractivity contribution in [2.24, 2.45) is 11.7 Å². The standard InChI is InChI=1S/C22H39N3O3/c1-5-7-8-18(23)14-24-19(13-17-9-11-20(26)12-10-17)15-25-21(16(3)6-2)22(27)28-4/h9-12,16,18-19,21,24-26H,5-8,13-15,23H2,1-4H3/t16-,18+,19+,21-/m0/s1. The lowest BCUT2D eigenvalue weighted by Crippen LogP contribution is -2.51. The molecule has 0 saturated carbocycles. The molecule has 0 radical (unpaired) electrons. The molecule has 6 nitrogen and oxygen atoms in total. The van der Waals surface area contributed by atoms with E-state index in [-0.39, 0.29) is 35.8 Å². The van der Waals surface area contributed by atoms with Crippen molar-refractivity contribution in [2.45, 2.75) is 71.0 Å². The van der Waals surface area contributed by atoms with E-state index in [2.05, 4.69) is 31.4 Å². The Balaban J connectivity index is 2.74. The SMILES string of the molecule is CCCC[C@@H](N)CN[C@@H](CN[C@H](C(=O)OC)[C@@H](C)CC)Cc1ccc(O)cc1. The van der Waals surface area contributed by atoms with Crippen LogP contribution in [0.1, 0.15) is 52.0 Å². The van der Waals surface area contributed by atoms with Crippen LogP contribution in [0.15, 0.2) is 24.3 Å². The Bertz CT molecular complexity index is 550. The molecule has 0 saturated heterocycles. The predicted molar refractivity (Wildman–Crippen MR) is 114 cm³/mol. The molecule has 0 fully saturated rings. The highest BCUT2D eigenvalue weighted by Crippen LogP contribution is 2.13. The molecule has 0 spiro atoms. The number of nitrogens with two attached hydrogens (primary N) is 1. The van der Waals surface area contributed by atoms with Crippen molar-refractivity contribution in [3.63, 3.8) is 0 Å². The number of ether oxygens (including phenoxy) is 1. The number of benzene rings is 1. The van der Waals surface area contributed by atoms with Gasteiger partial charge in [-0.3, -0.25) is 4.79 Å². The van der Waals surface area contributed by atoms with Crippen LogP contribution in [0.5, 0.6) is 5.75 Å². The third-order valence-electron chi connectivity index (χ3n) is 5.27. The fourth-order valence-electron chi connectivity index (χ4n) is 3.17. The van der Waals surface area contributed by atoms with Gasteiger partial charge in [0.1, 0.15) is 11.8 Å². The molecular formula is C22H39N3O3. The molecule has 1 aromatic carbocycles. The molecule has 1 aromatic rings. The summed E-state index contributed by atoms with van der Waals surface area (Å²) in [5, 5.41) is 16.5. The first kappa shape index (κ1) is 24.4. The summed E-state index contributed by atoms with van der Waals surface area (Å²) in [5.74, 6) is 0.224. The van der Waals surface area contributed by atoms with Crippen molar-refractivity contribution in [3.05, 3.63) is 29.8 Å². The van der Waals surface area contributed by atoms with E-state index in [1.54, 1.807) is 12.1 Å². The summed E-state index contributed by atoms with van der Waals surface area (Å²) in [6, 6.07) is 7.16. The summed E-state index contributed by atoms with van der Waals surface area (Å²) >= 11 is 0. The molecule has 160 valence electrons. The smallest absolute Gasteiger partial charge is 0.323 e. The molecule has 0 unspecified atom stereocenters. The highest BCUT2D eigenvalue weighted by molar-refractivity contribution is 5.75. The second-order valence-corrected chi connectivity index (χ2v) is 7.67. The zero-order valence-corrected chi connectivity index (χ0v) is 17.9. The van der Waals surface area contributed by atoms with Gasteiger partial charge in [-0.1, -0.05) is 52.2 Å². The van der Waals surface area contributed by atoms with E-state index in [1.165, 1.54) is 7.11 Å². The van der Waals surface area contributed by atoms with E-state index >= 15 is 0 Å². The number of rotatable bonds is 14. The number of phenols is 1. The molecular weight excluding hydrogens is 354 g/mol. The maximum Gasteiger partial charge on any atom is 0.323 e. The Morgan fingerprint density at radius 1 is 1.18 bits per heavy atom. The molecule has 5 N–H and O–H groups in total. The molecule has 0 bridgehead atoms. The zero-order valence-electron chi connectivity index (χ0n) is 17.9. The quantitative estimate of drug-likeness (QED) is 0.363. The monoisotopic (exact) mass is 393 g/mol. The molecule has 28 heavy (non-hydrogen) atoms. The summed E-state index contributed by atoms with van der Waals surface area (Å²) in [4.78, 5) is 12.2. The molecule has 0 amide bonds. The van der Waals surface area contributed by atoms with E-state index < -0.39 is 0 Å². The van der Waals surface area contributed by atoms with Gasteiger partial charge in [0, 0.05) is 25.2 Å². The molecule has 1 rings (SSSR count). The first-order chi connectivity index (χ1) is 13.4. The molecule has 0 aromatic heterocycles. The number of phenolic OH excluding ortho intramolecular Hbond substituents is 1. The van der Waals surface area contributed by atoms with Crippen molar-refractivity contribution in [2.75, 3.05) is 20.2 Å². The number of carbonyl (C=O) groups is 1. The van der Waals surface area contributed by atoms with Crippen LogP contribution in [0.4, 0.5) is 0 Å². The Morgan fingerprint density at radius 3 is 2.43 bits per heavy atom. The summed E-state index contributed by atoms with van der Waals surface area (Å²) in [6.45, 7) is 7.65. The third kappa shape index (κ3) is 9.04. The average Bonchev–Trinajstić information content (AvgIpc) is 2.71. The lowest BCUT2D eigenvalue weighted by Gasteiger charge is -2.27. The van der Waals surface area contributed by atoms with Crippen LogP contribution in [0.25, 0.3) is 0 Å². The number of methoxy groups -OCH3 is 1. The van der Waals surface area contributed by atoms with Gasteiger partial charge < -0.3 is 26.2 Å².